The minimum Gasteiger partial charge on any atom is 0 e. The smallest absolute Gasteiger partial charge is 0 e. The molecule has 0 rings (SSSR count). The molecule has 0 atom stereocenters. The molecule has 0 saturated carbocycles. The van der Waals surface area contributed by atoms with Crippen molar-refractivity contribution in [3.63, 3.8) is 0 Å². The fraction of sp³-hybridized carbons (Fsp3) is 0. The van der Waals surface area contributed by atoms with Crippen molar-refractivity contribution in [2.45, 2.75) is 0 Å². The van der Waals surface area contributed by atoms with Crippen molar-refractivity contribution in [3.8, 4) is 0 Å². The van der Waals surface area contributed by atoms with Gasteiger partial charge in [0.25, 0.3) is 0 Å². The molecule has 5 heavy (non-hydrogen) atoms. The maximum absolute atomic E-state index is 0. The van der Waals surface area contributed by atoms with Gasteiger partial charge in [-0.15, -0.1) is 0 Å². The Morgan fingerprint density at radius 2 is 0.600 bits per heavy atom. The van der Waals surface area contributed by atoms with Crippen LogP contribution in [0.1, 0.15) is 0 Å². The van der Waals surface area contributed by atoms with E-state index < -0.39 is 0 Å². The van der Waals surface area contributed by atoms with Gasteiger partial charge in [-0.05, 0) is 0 Å². The Morgan fingerprint density at radius 3 is 0.600 bits per heavy atom. The van der Waals surface area contributed by atoms with E-state index in [-0.39, 0.29) is 91.8 Å². The van der Waals surface area contributed by atoms with Gasteiger partial charge in [0.15, 0.2) is 0 Å². The summed E-state index contributed by atoms with van der Waals surface area (Å²) in [6.07, 6.45) is 0. The van der Waals surface area contributed by atoms with Crippen LogP contribution in [0.15, 0.2) is 0 Å². The summed E-state index contributed by atoms with van der Waals surface area (Å²) >= 11 is 0. The van der Waals surface area contributed by atoms with Crippen LogP contribution in [0.3, 0.4) is 0 Å². The van der Waals surface area contributed by atoms with Gasteiger partial charge in [-0.2, -0.15) is 0 Å². The first-order valence-corrected chi connectivity index (χ1v) is 0. The van der Waals surface area contributed by atoms with Gasteiger partial charge in [0, 0.05) is 75.0 Å². The van der Waals surface area contributed by atoms with Crippen LogP contribution in [-0.4, -0.2) is 16.8 Å². The van der Waals surface area contributed by atoms with E-state index in [2.05, 4.69) is 0 Å². The summed E-state index contributed by atoms with van der Waals surface area (Å²) in [6, 6.07) is 0. The Morgan fingerprint density at radius 1 is 0.600 bits per heavy atom. The molecule has 0 spiro atoms. The normalized spacial score (nSPS) is 0. The monoisotopic (exact) mass is 282 g/mol. The maximum atomic E-state index is 0. The van der Waals surface area contributed by atoms with E-state index in [1.807, 2.05) is 0 Å². The fourth-order valence-electron chi connectivity index (χ4n) is 0. The predicted octanol–water partition coefficient (Wildman–Crippen LogP) is -2.37. The molecule has 5 heteroatoms. The molecule has 0 nitrogen and oxygen atoms in total. The molecule has 0 unspecified atom stereocenters. The number of hydrogen-bond donors (Lipinski definition) is 0. The van der Waals surface area contributed by atoms with E-state index in [1.54, 1.807) is 0 Å². The molecule has 0 heterocycles. The summed E-state index contributed by atoms with van der Waals surface area (Å²) < 4.78 is 0. The van der Waals surface area contributed by atoms with Gasteiger partial charge in [0.1, 0.15) is 0 Å². The number of hydrogen-bond acceptors (Lipinski definition) is 0. The molecular weight excluding hydrogens is 278 g/mol. The third kappa shape index (κ3) is 21.0. The molecular formula is H6B2Fe2Nd. The van der Waals surface area contributed by atoms with Crippen LogP contribution in [0.5, 0.6) is 0 Å². The molecule has 0 aromatic rings. The zero-order chi connectivity index (χ0) is 0. The van der Waals surface area contributed by atoms with Crippen molar-refractivity contribution >= 4 is 16.8 Å². The van der Waals surface area contributed by atoms with Crippen LogP contribution in [0.25, 0.3) is 0 Å². The van der Waals surface area contributed by atoms with Gasteiger partial charge in [-0.1, -0.05) is 0 Å². The predicted molar refractivity (Wildman–Crippen MR) is 19.9 cm³/mol. The van der Waals surface area contributed by atoms with Crippen molar-refractivity contribution in [2.75, 3.05) is 0 Å². The topological polar surface area (TPSA) is 0 Å². The zero-order valence-corrected chi connectivity index (χ0v) is 6.62. The van der Waals surface area contributed by atoms with Gasteiger partial charge in [-0.25, -0.2) is 0 Å². The van der Waals surface area contributed by atoms with Gasteiger partial charge < -0.3 is 0 Å². The molecule has 0 aliphatic heterocycles. The summed E-state index contributed by atoms with van der Waals surface area (Å²) in [6.45, 7) is 0. The van der Waals surface area contributed by atoms with Gasteiger partial charge >= 0.3 is 0 Å². The molecule has 0 fully saturated rings. The fourth-order valence-corrected chi connectivity index (χ4v) is 0. The average Bonchev–Trinajstić information content (AvgIpc) is 0. The molecule has 0 aliphatic rings. The summed E-state index contributed by atoms with van der Waals surface area (Å²) in [5.41, 5.74) is 0. The molecule has 0 aromatic heterocycles. The Balaban J connectivity index is 0. The van der Waals surface area contributed by atoms with Crippen LogP contribution >= 0.6 is 0 Å². The summed E-state index contributed by atoms with van der Waals surface area (Å²) in [5, 5.41) is 0. The van der Waals surface area contributed by atoms with Crippen molar-refractivity contribution < 1.29 is 75.0 Å². The standard InChI is InChI=1S/2BH3.2Fe.Nd/h2*1H3;;;. The van der Waals surface area contributed by atoms with Gasteiger partial charge in [0.05, 0.1) is 16.8 Å². The summed E-state index contributed by atoms with van der Waals surface area (Å²) in [7, 11) is 0. The second-order valence-corrected chi connectivity index (χ2v) is 0. The third-order valence-corrected chi connectivity index (χ3v) is 0. The Bertz CT molecular complexity index is 7.61. The van der Waals surface area contributed by atoms with Gasteiger partial charge in [-0.3, -0.25) is 0 Å². The molecule has 0 amide bonds. The first-order valence-electron chi connectivity index (χ1n) is 0. The first kappa shape index (κ1) is 50.3. The molecule has 0 saturated heterocycles. The van der Waals surface area contributed by atoms with E-state index >= 15 is 0 Å². The van der Waals surface area contributed by atoms with Crippen LogP contribution in [0.4, 0.5) is 0 Å². The first-order chi connectivity index (χ1) is 0. The van der Waals surface area contributed by atoms with E-state index in [4.69, 9.17) is 0 Å². The third-order valence-electron chi connectivity index (χ3n) is 0. The quantitative estimate of drug-likeness (QED) is 0.436. The molecule has 0 aromatic carbocycles. The van der Waals surface area contributed by atoms with Crippen LogP contribution in [0.2, 0.25) is 0 Å². The molecule has 0 N–H and O–H groups in total. The second-order valence-electron chi connectivity index (χ2n) is 0. The Kier molecular flexibility index (Phi) is 315. The van der Waals surface area contributed by atoms with Crippen molar-refractivity contribution in [1.29, 1.82) is 0 Å². The van der Waals surface area contributed by atoms with E-state index in [1.165, 1.54) is 0 Å². The van der Waals surface area contributed by atoms with E-state index in [0.29, 0.717) is 0 Å². The van der Waals surface area contributed by atoms with E-state index in [9.17, 15) is 0 Å². The SMILES string of the molecule is B.B.[Fe].[Fe].[Nd]. The zero-order valence-electron chi connectivity index (χ0n) is 1.21. The van der Waals surface area contributed by atoms with Crippen LogP contribution in [-0.2, 0) is 34.1 Å². The van der Waals surface area contributed by atoms with Crippen LogP contribution < -0.4 is 0 Å². The Labute approximate surface area is 90.2 Å². The minimum absolute atomic E-state index is 0. The molecule has 32 valence electrons. The van der Waals surface area contributed by atoms with Crippen molar-refractivity contribution in [1.82, 2.24) is 0 Å². The van der Waals surface area contributed by atoms with E-state index in [0.717, 1.165) is 0 Å². The maximum Gasteiger partial charge on any atom is 0.0814 e. The molecule has 0 bridgehead atoms. The van der Waals surface area contributed by atoms with Crippen molar-refractivity contribution in [2.24, 2.45) is 0 Å². The molecule has 0 aliphatic carbocycles. The van der Waals surface area contributed by atoms with Gasteiger partial charge in [0.2, 0.25) is 0 Å². The number of rotatable bonds is 0. The average molecular weight is 284 g/mol. The summed E-state index contributed by atoms with van der Waals surface area (Å²) in [5.74, 6) is 0. The summed E-state index contributed by atoms with van der Waals surface area (Å²) in [4.78, 5) is 0. The second kappa shape index (κ2) is 31.3. The van der Waals surface area contributed by atoms with Crippen LogP contribution in [0, 0.1) is 40.8 Å². The minimum atomic E-state index is 0. The Hall–Kier alpha value is 2.52. The molecule has 0 radical (unpaired) electrons. The van der Waals surface area contributed by atoms with Crippen molar-refractivity contribution in [3.05, 3.63) is 0 Å². The largest absolute Gasteiger partial charge is 0.0814 e.